The summed E-state index contributed by atoms with van der Waals surface area (Å²) in [5.41, 5.74) is 2.85. The van der Waals surface area contributed by atoms with Crippen molar-refractivity contribution >= 4 is 28.5 Å². The van der Waals surface area contributed by atoms with Crippen molar-refractivity contribution < 1.29 is 28.5 Å². The topological polar surface area (TPSA) is 131 Å². The standard InChI is InChI=1S/C34H39FN6O6/c1-20-22(18-37-34(36-2)38-20)13-21-14-29(45-3)32(30(15-21)46-4)47-12-11-39-7-9-40(10-8-39)28-17-27-24(16-26(28)35)31(42)25(33(43)44)19-41(27)23-5-6-23/h14-19,23H,5-13H2,1-4H3,(H,43,44)(H,36,37,38). The van der Waals surface area contributed by atoms with Crippen LogP contribution in [0.3, 0.4) is 0 Å². The van der Waals surface area contributed by atoms with Crippen molar-refractivity contribution in [3.05, 3.63) is 75.1 Å². The molecule has 1 saturated heterocycles. The second kappa shape index (κ2) is 13.4. The van der Waals surface area contributed by atoms with Crippen LogP contribution in [0.1, 0.15) is 46.1 Å². The molecule has 2 fully saturated rings. The number of fused-ring (bicyclic) bond motifs is 1. The number of carboxylic acids is 1. The third-order valence-electron chi connectivity index (χ3n) is 8.86. The number of nitrogens with one attached hydrogen (secondary N) is 1. The van der Waals surface area contributed by atoms with Gasteiger partial charge >= 0.3 is 5.97 Å². The predicted octanol–water partition coefficient (Wildman–Crippen LogP) is 4.12. The normalized spacial score (nSPS) is 15.1. The number of halogens is 1. The van der Waals surface area contributed by atoms with Gasteiger partial charge in [-0.3, -0.25) is 9.69 Å². The maximum absolute atomic E-state index is 15.4. The number of aromatic nitrogens is 3. The van der Waals surface area contributed by atoms with Gasteiger partial charge in [0.05, 0.1) is 25.4 Å². The van der Waals surface area contributed by atoms with Crippen LogP contribution in [0.4, 0.5) is 16.0 Å². The quantitative estimate of drug-likeness (QED) is 0.231. The molecule has 0 atom stereocenters. The Hall–Kier alpha value is -4.91. The number of ether oxygens (including phenoxy) is 3. The first-order valence-electron chi connectivity index (χ1n) is 15.7. The Balaban J connectivity index is 1.10. The minimum Gasteiger partial charge on any atom is -0.493 e. The van der Waals surface area contributed by atoms with E-state index in [1.165, 1.54) is 12.3 Å². The molecule has 0 spiro atoms. The second-order valence-corrected chi connectivity index (χ2v) is 11.9. The zero-order valence-electron chi connectivity index (χ0n) is 27.0. The molecule has 0 amide bonds. The Morgan fingerprint density at radius 1 is 1.09 bits per heavy atom. The smallest absolute Gasteiger partial charge is 0.341 e. The Kier molecular flexibility index (Phi) is 9.17. The van der Waals surface area contributed by atoms with E-state index in [-0.39, 0.29) is 17.0 Å². The van der Waals surface area contributed by atoms with Crippen LogP contribution in [0, 0.1) is 12.7 Å². The first-order valence-corrected chi connectivity index (χ1v) is 15.7. The van der Waals surface area contributed by atoms with Crippen molar-refractivity contribution in [2.24, 2.45) is 0 Å². The summed E-state index contributed by atoms with van der Waals surface area (Å²) in [7, 11) is 4.98. The molecule has 248 valence electrons. The van der Waals surface area contributed by atoms with Crippen LogP contribution in [0.25, 0.3) is 10.9 Å². The number of carboxylic acid groups (broad SMARTS) is 1. The van der Waals surface area contributed by atoms with Crippen LogP contribution in [0.5, 0.6) is 17.2 Å². The summed E-state index contributed by atoms with van der Waals surface area (Å²) in [5, 5.41) is 12.6. The minimum absolute atomic E-state index is 0.0973. The molecule has 1 saturated carbocycles. The number of benzene rings is 2. The lowest BCUT2D eigenvalue weighted by Crippen LogP contribution is -2.47. The number of aryl methyl sites for hydroxylation is 1. The highest BCUT2D eigenvalue weighted by Crippen LogP contribution is 2.40. The summed E-state index contributed by atoms with van der Waals surface area (Å²) < 4.78 is 34.8. The van der Waals surface area contributed by atoms with Crippen LogP contribution < -0.4 is 29.9 Å². The number of aromatic carboxylic acids is 1. The molecule has 12 nitrogen and oxygen atoms in total. The van der Waals surface area contributed by atoms with Crippen LogP contribution in [-0.2, 0) is 6.42 Å². The van der Waals surface area contributed by atoms with Crippen molar-refractivity contribution in [1.29, 1.82) is 0 Å². The van der Waals surface area contributed by atoms with Crippen molar-refractivity contribution in [3.63, 3.8) is 0 Å². The van der Waals surface area contributed by atoms with E-state index in [1.807, 2.05) is 34.7 Å². The number of anilines is 2. The van der Waals surface area contributed by atoms with Gasteiger partial charge in [-0.15, -0.1) is 0 Å². The SMILES string of the molecule is CNc1ncc(Cc2cc(OC)c(OCCN3CCN(c4cc5c(cc4F)c(=O)c(C(=O)O)cn5C4CC4)CC3)c(OC)c2)c(C)n1. The number of nitrogens with zero attached hydrogens (tertiary/aromatic N) is 5. The van der Waals surface area contributed by atoms with Crippen LogP contribution >= 0.6 is 0 Å². The molecule has 4 aromatic rings. The zero-order valence-corrected chi connectivity index (χ0v) is 27.0. The third kappa shape index (κ3) is 6.66. The lowest BCUT2D eigenvalue weighted by atomic mass is 10.0. The molecule has 2 aromatic carbocycles. The van der Waals surface area contributed by atoms with Gasteiger partial charge < -0.3 is 34.1 Å². The summed E-state index contributed by atoms with van der Waals surface area (Å²) in [5.74, 6) is 0.411. The van der Waals surface area contributed by atoms with Gasteiger partial charge in [0.15, 0.2) is 11.5 Å². The van der Waals surface area contributed by atoms with Gasteiger partial charge in [0.1, 0.15) is 18.0 Å². The monoisotopic (exact) mass is 646 g/mol. The van der Waals surface area contributed by atoms with E-state index in [0.717, 1.165) is 29.7 Å². The number of piperazine rings is 1. The fraction of sp³-hybridized carbons (Fsp3) is 0.412. The summed E-state index contributed by atoms with van der Waals surface area (Å²) in [6, 6.07) is 6.88. The van der Waals surface area contributed by atoms with Gasteiger partial charge in [0, 0.05) is 75.7 Å². The molecule has 1 aliphatic heterocycles. The molecule has 1 aliphatic carbocycles. The van der Waals surface area contributed by atoms with E-state index in [9.17, 15) is 14.7 Å². The Bertz CT molecular complexity index is 1840. The maximum atomic E-state index is 15.4. The number of hydrogen-bond acceptors (Lipinski definition) is 10. The first-order chi connectivity index (χ1) is 22.7. The minimum atomic E-state index is -1.30. The zero-order chi connectivity index (χ0) is 33.2. The summed E-state index contributed by atoms with van der Waals surface area (Å²) >= 11 is 0. The average Bonchev–Trinajstić information content (AvgIpc) is 3.92. The molecule has 0 bridgehead atoms. The number of rotatable bonds is 12. The lowest BCUT2D eigenvalue weighted by molar-refractivity contribution is 0.0694. The lowest BCUT2D eigenvalue weighted by Gasteiger charge is -2.36. The number of carbonyl (C=O) groups is 1. The van der Waals surface area contributed by atoms with Crippen LogP contribution in [0.2, 0.25) is 0 Å². The maximum Gasteiger partial charge on any atom is 0.341 e. The molecule has 13 heteroatoms. The van der Waals surface area contributed by atoms with Crippen molar-refractivity contribution in [2.75, 3.05) is 70.8 Å². The highest BCUT2D eigenvalue weighted by molar-refractivity contribution is 5.93. The van der Waals surface area contributed by atoms with E-state index < -0.39 is 17.2 Å². The molecule has 47 heavy (non-hydrogen) atoms. The van der Waals surface area contributed by atoms with E-state index in [2.05, 4.69) is 20.2 Å². The van der Waals surface area contributed by atoms with Gasteiger partial charge in [0.2, 0.25) is 17.1 Å². The fourth-order valence-electron chi connectivity index (χ4n) is 6.08. The molecule has 0 unspecified atom stereocenters. The molecule has 0 radical (unpaired) electrons. The first kappa shape index (κ1) is 32.0. The highest BCUT2D eigenvalue weighted by atomic mass is 19.1. The van der Waals surface area contributed by atoms with E-state index in [0.29, 0.717) is 80.2 Å². The number of methoxy groups -OCH3 is 2. The Morgan fingerprint density at radius 2 is 1.79 bits per heavy atom. The Morgan fingerprint density at radius 3 is 2.38 bits per heavy atom. The van der Waals surface area contributed by atoms with Gasteiger partial charge in [-0.1, -0.05) is 0 Å². The number of hydrogen-bond donors (Lipinski definition) is 2. The third-order valence-corrected chi connectivity index (χ3v) is 8.86. The van der Waals surface area contributed by atoms with Gasteiger partial charge in [-0.2, -0.15) is 0 Å². The van der Waals surface area contributed by atoms with E-state index >= 15 is 4.39 Å². The molecular formula is C34H39FN6O6. The molecule has 3 heterocycles. The van der Waals surface area contributed by atoms with Crippen LogP contribution in [-0.4, -0.2) is 91.1 Å². The van der Waals surface area contributed by atoms with E-state index in [4.69, 9.17) is 14.2 Å². The second-order valence-electron chi connectivity index (χ2n) is 11.9. The summed E-state index contributed by atoms with van der Waals surface area (Å²) in [4.78, 5) is 37.5. The Labute approximate surface area is 271 Å². The predicted molar refractivity (Wildman–Crippen MR) is 176 cm³/mol. The summed E-state index contributed by atoms with van der Waals surface area (Å²) in [6.45, 7) is 5.55. The van der Waals surface area contributed by atoms with Gasteiger partial charge in [-0.25, -0.2) is 19.2 Å². The molecule has 6 rings (SSSR count). The molecule has 2 N–H and O–H groups in total. The highest BCUT2D eigenvalue weighted by Gasteiger charge is 2.28. The van der Waals surface area contributed by atoms with Crippen LogP contribution in [0.15, 0.2) is 41.5 Å². The van der Waals surface area contributed by atoms with Gasteiger partial charge in [-0.05, 0) is 55.2 Å². The molecule has 2 aromatic heterocycles. The number of pyridine rings is 1. The summed E-state index contributed by atoms with van der Waals surface area (Å²) in [6.07, 6.45) is 5.61. The molecule has 2 aliphatic rings. The average molecular weight is 647 g/mol. The largest absolute Gasteiger partial charge is 0.493 e. The van der Waals surface area contributed by atoms with Crippen molar-refractivity contribution in [1.82, 2.24) is 19.4 Å². The van der Waals surface area contributed by atoms with Gasteiger partial charge in [0.25, 0.3) is 0 Å². The van der Waals surface area contributed by atoms with Crippen molar-refractivity contribution in [3.8, 4) is 17.2 Å². The fourth-order valence-corrected chi connectivity index (χ4v) is 6.08. The molecular weight excluding hydrogens is 607 g/mol. The van der Waals surface area contributed by atoms with E-state index in [1.54, 1.807) is 27.3 Å². The van der Waals surface area contributed by atoms with Crippen molar-refractivity contribution in [2.45, 2.75) is 32.2 Å².